The Hall–Kier alpha value is -2.78. The fourth-order valence-electron chi connectivity index (χ4n) is 3.08. The third-order valence-corrected chi connectivity index (χ3v) is 4.58. The number of para-hydroxylation sites is 2. The molecule has 0 unspecified atom stereocenters. The van der Waals surface area contributed by atoms with Gasteiger partial charge in [-0.15, -0.1) is 0 Å². The van der Waals surface area contributed by atoms with Crippen LogP contribution in [0.25, 0.3) is 0 Å². The zero-order chi connectivity index (χ0) is 19.1. The van der Waals surface area contributed by atoms with E-state index in [9.17, 15) is 4.79 Å². The van der Waals surface area contributed by atoms with Crippen LogP contribution in [-0.2, 0) is 24.1 Å². The van der Waals surface area contributed by atoms with Gasteiger partial charge >= 0.3 is 0 Å². The van der Waals surface area contributed by atoms with E-state index in [1.165, 1.54) is 22.5 Å². The minimum Gasteiger partial charge on any atom is -0.497 e. The van der Waals surface area contributed by atoms with E-state index >= 15 is 0 Å². The Kier molecular flexibility index (Phi) is 6.50. The van der Waals surface area contributed by atoms with Crippen molar-refractivity contribution in [1.29, 1.82) is 0 Å². The SMILES string of the molecule is COc1cccc(CC(=O)Cl)c1.c1ccc2c(c1)CCc1ccccc1N2. The monoisotopic (exact) mass is 379 g/mol. The van der Waals surface area contributed by atoms with E-state index in [0.717, 1.165) is 24.2 Å². The second-order valence-corrected chi connectivity index (χ2v) is 6.74. The highest BCUT2D eigenvalue weighted by molar-refractivity contribution is 6.63. The number of nitrogens with one attached hydrogen (secondary N) is 1. The molecule has 0 radical (unpaired) electrons. The molecule has 0 atom stereocenters. The summed E-state index contributed by atoms with van der Waals surface area (Å²) in [6, 6.07) is 24.4. The maximum atomic E-state index is 10.5. The van der Waals surface area contributed by atoms with Gasteiger partial charge in [0.25, 0.3) is 0 Å². The third-order valence-electron chi connectivity index (χ3n) is 4.44. The van der Waals surface area contributed by atoms with Crippen molar-refractivity contribution in [2.24, 2.45) is 0 Å². The first-order valence-corrected chi connectivity index (χ1v) is 9.27. The lowest BCUT2D eigenvalue weighted by molar-refractivity contribution is -0.111. The number of anilines is 2. The van der Waals surface area contributed by atoms with E-state index in [2.05, 4.69) is 53.8 Å². The summed E-state index contributed by atoms with van der Waals surface area (Å²) in [4.78, 5) is 10.5. The van der Waals surface area contributed by atoms with Gasteiger partial charge in [0.2, 0.25) is 5.24 Å². The molecular weight excluding hydrogens is 358 g/mol. The molecule has 0 aromatic heterocycles. The van der Waals surface area contributed by atoms with Crippen LogP contribution in [-0.4, -0.2) is 12.4 Å². The summed E-state index contributed by atoms with van der Waals surface area (Å²) in [5, 5.41) is 3.14. The van der Waals surface area contributed by atoms with Crippen LogP contribution in [0, 0.1) is 0 Å². The lowest BCUT2D eigenvalue weighted by atomic mass is 10.0. The fraction of sp³-hybridized carbons (Fsp3) is 0.174. The Labute approximate surface area is 164 Å². The van der Waals surface area contributed by atoms with Gasteiger partial charge in [-0.05, 0) is 65.4 Å². The molecule has 3 aromatic carbocycles. The van der Waals surface area contributed by atoms with Crippen LogP contribution in [0.4, 0.5) is 11.4 Å². The molecule has 138 valence electrons. The summed E-state index contributed by atoms with van der Waals surface area (Å²) in [5.74, 6) is 0.741. The van der Waals surface area contributed by atoms with Gasteiger partial charge in [-0.2, -0.15) is 0 Å². The van der Waals surface area contributed by atoms with E-state index < -0.39 is 0 Å². The molecule has 0 aliphatic carbocycles. The topological polar surface area (TPSA) is 38.3 Å². The first kappa shape index (κ1) is 19.0. The number of halogens is 1. The Morgan fingerprint density at radius 3 is 2.07 bits per heavy atom. The van der Waals surface area contributed by atoms with E-state index in [4.69, 9.17) is 16.3 Å². The smallest absolute Gasteiger partial charge is 0.226 e. The Morgan fingerprint density at radius 1 is 0.926 bits per heavy atom. The number of carbonyl (C=O) groups is 1. The molecule has 0 fully saturated rings. The summed E-state index contributed by atoms with van der Waals surface area (Å²) in [7, 11) is 1.58. The average molecular weight is 380 g/mol. The number of hydrogen-bond donors (Lipinski definition) is 1. The number of aryl methyl sites for hydroxylation is 2. The zero-order valence-electron chi connectivity index (χ0n) is 15.2. The average Bonchev–Trinajstić information content (AvgIpc) is 2.87. The maximum absolute atomic E-state index is 10.5. The molecule has 0 saturated heterocycles. The number of methoxy groups -OCH3 is 1. The molecule has 4 rings (SSSR count). The van der Waals surface area contributed by atoms with Crippen molar-refractivity contribution in [2.45, 2.75) is 19.3 Å². The second-order valence-electron chi connectivity index (χ2n) is 6.32. The van der Waals surface area contributed by atoms with Crippen LogP contribution in [0.5, 0.6) is 5.75 Å². The highest BCUT2D eigenvalue weighted by Crippen LogP contribution is 2.29. The van der Waals surface area contributed by atoms with E-state index in [1.807, 2.05) is 18.2 Å². The molecule has 0 amide bonds. The number of benzene rings is 3. The summed E-state index contributed by atoms with van der Waals surface area (Å²) in [6.07, 6.45) is 2.50. The van der Waals surface area contributed by atoms with Crippen LogP contribution in [0.3, 0.4) is 0 Å². The van der Waals surface area contributed by atoms with Crippen LogP contribution >= 0.6 is 11.6 Å². The Morgan fingerprint density at radius 2 is 1.52 bits per heavy atom. The number of carbonyl (C=O) groups excluding carboxylic acids is 1. The predicted molar refractivity (Wildman–Crippen MR) is 111 cm³/mol. The van der Waals surface area contributed by atoms with Crippen molar-refractivity contribution in [3.05, 3.63) is 89.5 Å². The molecular formula is C23H22ClNO2. The third kappa shape index (κ3) is 5.35. The first-order valence-electron chi connectivity index (χ1n) is 8.90. The summed E-state index contributed by atoms with van der Waals surface area (Å²) in [5.41, 5.74) is 6.20. The molecule has 1 aliphatic heterocycles. The standard InChI is InChI=1S/C14H13N.C9H9ClO2/c1-3-7-13-11(5-1)9-10-12-6-2-4-8-14(12)15-13;1-12-8-4-2-3-7(5-8)6-9(10)11/h1-8,15H,9-10H2;2-5H,6H2,1H3. The molecule has 3 nitrogen and oxygen atoms in total. The minimum absolute atomic E-state index is 0.249. The molecule has 3 aromatic rings. The maximum Gasteiger partial charge on any atom is 0.226 e. The van der Waals surface area contributed by atoms with Crippen molar-refractivity contribution < 1.29 is 9.53 Å². The van der Waals surface area contributed by atoms with E-state index in [0.29, 0.717) is 0 Å². The zero-order valence-corrected chi connectivity index (χ0v) is 16.0. The van der Waals surface area contributed by atoms with Crippen molar-refractivity contribution >= 4 is 28.2 Å². The quantitative estimate of drug-likeness (QED) is 0.608. The largest absolute Gasteiger partial charge is 0.497 e. The van der Waals surface area contributed by atoms with Gasteiger partial charge in [-0.25, -0.2) is 0 Å². The van der Waals surface area contributed by atoms with Crippen LogP contribution in [0.15, 0.2) is 72.8 Å². The van der Waals surface area contributed by atoms with Crippen LogP contribution < -0.4 is 10.1 Å². The Balaban J connectivity index is 0.000000161. The van der Waals surface area contributed by atoms with Gasteiger partial charge in [-0.1, -0.05) is 48.5 Å². The van der Waals surface area contributed by atoms with Gasteiger partial charge in [-0.3, -0.25) is 4.79 Å². The van der Waals surface area contributed by atoms with E-state index in [1.54, 1.807) is 13.2 Å². The number of rotatable bonds is 3. The summed E-state index contributed by atoms with van der Waals surface area (Å²) >= 11 is 5.23. The van der Waals surface area contributed by atoms with Crippen molar-refractivity contribution in [3.63, 3.8) is 0 Å². The molecule has 0 spiro atoms. The lowest BCUT2D eigenvalue weighted by Gasteiger charge is -2.08. The molecule has 1 heterocycles. The molecule has 1 N–H and O–H groups in total. The lowest BCUT2D eigenvalue weighted by Crippen LogP contribution is -1.93. The molecule has 0 bridgehead atoms. The molecule has 0 saturated carbocycles. The van der Waals surface area contributed by atoms with Crippen molar-refractivity contribution in [2.75, 3.05) is 12.4 Å². The van der Waals surface area contributed by atoms with E-state index in [-0.39, 0.29) is 11.7 Å². The number of fused-ring (bicyclic) bond motifs is 2. The summed E-state index contributed by atoms with van der Waals surface area (Å²) < 4.78 is 4.98. The highest BCUT2D eigenvalue weighted by Gasteiger charge is 2.10. The van der Waals surface area contributed by atoms with Crippen molar-refractivity contribution in [3.8, 4) is 5.75 Å². The van der Waals surface area contributed by atoms with Gasteiger partial charge in [0, 0.05) is 17.8 Å². The van der Waals surface area contributed by atoms with Crippen LogP contribution in [0.1, 0.15) is 16.7 Å². The molecule has 4 heteroatoms. The Bertz CT molecular complexity index is 878. The number of ether oxygens (including phenoxy) is 1. The highest BCUT2D eigenvalue weighted by atomic mass is 35.5. The van der Waals surface area contributed by atoms with Crippen LogP contribution in [0.2, 0.25) is 0 Å². The summed E-state index contributed by atoms with van der Waals surface area (Å²) in [6.45, 7) is 0. The number of hydrogen-bond acceptors (Lipinski definition) is 3. The second kappa shape index (κ2) is 9.24. The minimum atomic E-state index is -0.358. The van der Waals surface area contributed by atoms with Crippen molar-refractivity contribution in [1.82, 2.24) is 0 Å². The molecule has 27 heavy (non-hydrogen) atoms. The fourth-order valence-corrected chi connectivity index (χ4v) is 3.23. The first-order chi connectivity index (χ1) is 13.2. The van der Waals surface area contributed by atoms with Gasteiger partial charge in [0.05, 0.1) is 7.11 Å². The van der Waals surface area contributed by atoms with Gasteiger partial charge in [0.15, 0.2) is 0 Å². The van der Waals surface area contributed by atoms with Gasteiger partial charge in [0.1, 0.15) is 5.75 Å². The predicted octanol–water partition coefficient (Wildman–Crippen LogP) is 5.53. The van der Waals surface area contributed by atoms with Gasteiger partial charge < -0.3 is 10.1 Å². The molecule has 1 aliphatic rings. The normalized spacial score (nSPS) is 11.6.